The Balaban J connectivity index is 1.50. The molecule has 4 aliphatic carbocycles. The minimum Gasteiger partial charge on any atom is -0.390 e. The van der Waals surface area contributed by atoms with Crippen molar-refractivity contribution in [3.8, 4) is 0 Å². The first kappa shape index (κ1) is 20.9. The molecule has 0 radical (unpaired) electrons. The van der Waals surface area contributed by atoms with E-state index in [1.54, 1.807) is 0 Å². The molecule has 4 rings (SSSR count). The Morgan fingerprint density at radius 2 is 1.75 bits per heavy atom. The average Bonchev–Trinajstić information content (AvgIpc) is 2.97. The lowest BCUT2D eigenvalue weighted by molar-refractivity contribution is -0.140. The molecule has 0 aromatic rings. The molecule has 0 heterocycles. The number of carbonyl (C=O) groups excluding carboxylic acids is 1. The fourth-order valence-electron chi connectivity index (χ4n) is 8.80. The Kier molecular flexibility index (Phi) is 5.30. The maximum atomic E-state index is 12.1. The molecule has 8 atom stereocenters. The van der Waals surface area contributed by atoms with Crippen LogP contribution in [0.4, 0.5) is 0 Å². The number of aliphatic hydroxyl groups is 1. The highest BCUT2D eigenvalue weighted by Crippen LogP contribution is 2.68. The van der Waals surface area contributed by atoms with Crippen LogP contribution in [0, 0.1) is 46.3 Å². The molecule has 0 aromatic heterocycles. The van der Waals surface area contributed by atoms with Crippen molar-refractivity contribution in [3.05, 3.63) is 0 Å². The summed E-state index contributed by atoms with van der Waals surface area (Å²) in [6, 6.07) is 0. The first-order valence-electron chi connectivity index (χ1n) is 12.3. The van der Waals surface area contributed by atoms with Crippen molar-refractivity contribution in [2.45, 2.75) is 111 Å². The van der Waals surface area contributed by atoms with Gasteiger partial charge < -0.3 is 5.11 Å². The second-order valence-electron chi connectivity index (χ2n) is 12.5. The van der Waals surface area contributed by atoms with E-state index in [0.29, 0.717) is 22.5 Å². The minimum atomic E-state index is -0.532. The zero-order valence-corrected chi connectivity index (χ0v) is 19.1. The normalized spacial score (nSPS) is 47.2. The summed E-state index contributed by atoms with van der Waals surface area (Å²) in [7, 11) is 0. The van der Waals surface area contributed by atoms with Gasteiger partial charge in [-0.25, -0.2) is 0 Å². The number of rotatable bonds is 4. The molecule has 1 N–H and O–H groups in total. The van der Waals surface area contributed by atoms with Crippen molar-refractivity contribution in [1.29, 1.82) is 0 Å². The van der Waals surface area contributed by atoms with Gasteiger partial charge in [-0.05, 0) is 118 Å². The van der Waals surface area contributed by atoms with Crippen LogP contribution in [0.15, 0.2) is 0 Å². The number of ketones is 1. The van der Waals surface area contributed by atoms with E-state index >= 15 is 0 Å². The lowest BCUT2D eigenvalue weighted by Crippen LogP contribution is -2.53. The average molecular weight is 389 g/mol. The highest BCUT2D eigenvalue weighted by atomic mass is 16.3. The van der Waals surface area contributed by atoms with Gasteiger partial charge in [0.25, 0.3) is 0 Å². The van der Waals surface area contributed by atoms with Gasteiger partial charge in [-0.1, -0.05) is 20.8 Å². The third-order valence-corrected chi connectivity index (χ3v) is 10.5. The third-order valence-electron chi connectivity index (χ3n) is 10.5. The van der Waals surface area contributed by atoms with Gasteiger partial charge in [0.1, 0.15) is 5.78 Å². The number of Topliss-reactive ketones (excluding diaryl/α,β-unsaturated/α-hetero) is 1. The van der Waals surface area contributed by atoms with Crippen LogP contribution >= 0.6 is 0 Å². The summed E-state index contributed by atoms with van der Waals surface area (Å²) >= 11 is 0. The van der Waals surface area contributed by atoms with Gasteiger partial charge in [0.2, 0.25) is 0 Å². The fourth-order valence-corrected chi connectivity index (χ4v) is 8.80. The van der Waals surface area contributed by atoms with Crippen LogP contribution in [-0.4, -0.2) is 16.5 Å². The predicted molar refractivity (Wildman–Crippen MR) is 115 cm³/mol. The van der Waals surface area contributed by atoms with Crippen LogP contribution in [0.5, 0.6) is 0 Å². The van der Waals surface area contributed by atoms with Crippen LogP contribution in [0.25, 0.3) is 0 Å². The number of carbonyl (C=O) groups is 1. The highest BCUT2D eigenvalue weighted by molar-refractivity contribution is 5.79. The van der Waals surface area contributed by atoms with Gasteiger partial charge >= 0.3 is 0 Å². The zero-order valence-electron chi connectivity index (χ0n) is 19.1. The quantitative estimate of drug-likeness (QED) is 0.605. The van der Waals surface area contributed by atoms with Crippen molar-refractivity contribution in [3.63, 3.8) is 0 Å². The number of hydrogen-bond acceptors (Lipinski definition) is 2. The molecule has 0 amide bonds. The van der Waals surface area contributed by atoms with Crippen molar-refractivity contribution in [2.24, 2.45) is 46.3 Å². The Morgan fingerprint density at radius 1 is 1.04 bits per heavy atom. The first-order chi connectivity index (χ1) is 13.0. The first-order valence-corrected chi connectivity index (χ1v) is 12.3. The van der Waals surface area contributed by atoms with Crippen molar-refractivity contribution >= 4 is 5.78 Å². The van der Waals surface area contributed by atoms with Crippen LogP contribution < -0.4 is 0 Å². The zero-order chi connectivity index (χ0) is 20.3. The topological polar surface area (TPSA) is 37.3 Å². The summed E-state index contributed by atoms with van der Waals surface area (Å²) in [6.45, 7) is 11.6. The number of hydrogen-bond donors (Lipinski definition) is 1. The molecule has 0 bridgehead atoms. The van der Waals surface area contributed by atoms with E-state index in [1.807, 2.05) is 13.8 Å². The fraction of sp³-hybridized carbons (Fsp3) is 0.962. The van der Waals surface area contributed by atoms with Gasteiger partial charge in [-0.3, -0.25) is 4.79 Å². The lowest BCUT2D eigenvalue weighted by Gasteiger charge is -2.60. The van der Waals surface area contributed by atoms with Crippen molar-refractivity contribution in [1.82, 2.24) is 0 Å². The number of fused-ring (bicyclic) bond motifs is 5. The van der Waals surface area contributed by atoms with E-state index in [0.717, 1.165) is 61.7 Å². The lowest BCUT2D eigenvalue weighted by atomic mass is 9.44. The Morgan fingerprint density at radius 3 is 2.46 bits per heavy atom. The molecule has 28 heavy (non-hydrogen) atoms. The monoisotopic (exact) mass is 388 g/mol. The van der Waals surface area contributed by atoms with Crippen LogP contribution in [0.2, 0.25) is 0 Å². The molecule has 4 fully saturated rings. The smallest absolute Gasteiger partial charge is 0.133 e. The van der Waals surface area contributed by atoms with E-state index in [-0.39, 0.29) is 0 Å². The third kappa shape index (κ3) is 3.40. The van der Waals surface area contributed by atoms with Gasteiger partial charge in [0.05, 0.1) is 5.60 Å². The molecule has 2 nitrogen and oxygen atoms in total. The van der Waals surface area contributed by atoms with Gasteiger partial charge in [0, 0.05) is 12.8 Å². The second-order valence-corrected chi connectivity index (χ2v) is 12.5. The molecular formula is C26H44O2. The molecule has 3 unspecified atom stereocenters. The largest absolute Gasteiger partial charge is 0.390 e. The van der Waals surface area contributed by atoms with Gasteiger partial charge in [-0.15, -0.1) is 0 Å². The molecule has 160 valence electrons. The van der Waals surface area contributed by atoms with Gasteiger partial charge in [-0.2, -0.15) is 0 Å². The molecule has 0 aromatic carbocycles. The SMILES string of the molecule is C[C@H](CCC(C)(C)O)[C@H]1CCC2C3CC[C@@H]4CC(=O)CC[C@]4(C)C3CC[C@@]21C. The molecule has 4 aliphatic rings. The standard InChI is InChI=1S/C26H44O2/c1-17(10-13-24(2,3)28)21-8-9-22-20-7-6-18-16-19(27)11-14-25(18,4)23(20)12-15-26(21,22)5/h17-18,20-23,28H,6-16H2,1-5H3/t17-,18-,20?,21-,22?,23?,25+,26-/m1/s1. The highest BCUT2D eigenvalue weighted by Gasteiger charge is 2.60. The molecule has 4 saturated carbocycles. The molecule has 2 heteroatoms. The van der Waals surface area contributed by atoms with Gasteiger partial charge in [0.15, 0.2) is 0 Å². The van der Waals surface area contributed by atoms with Crippen molar-refractivity contribution < 1.29 is 9.90 Å². The molecular weight excluding hydrogens is 344 g/mol. The Labute approximate surface area is 173 Å². The van der Waals surface area contributed by atoms with E-state index in [2.05, 4.69) is 20.8 Å². The van der Waals surface area contributed by atoms with E-state index in [4.69, 9.17) is 0 Å². The Hall–Kier alpha value is -0.370. The predicted octanol–water partition coefficient (Wildman–Crippen LogP) is 6.40. The summed E-state index contributed by atoms with van der Waals surface area (Å²) in [5.74, 6) is 5.42. The summed E-state index contributed by atoms with van der Waals surface area (Å²) in [5, 5.41) is 10.2. The molecule has 0 saturated heterocycles. The van der Waals surface area contributed by atoms with Crippen LogP contribution in [0.3, 0.4) is 0 Å². The Bertz CT molecular complexity index is 604. The summed E-state index contributed by atoms with van der Waals surface area (Å²) in [6.07, 6.45) is 13.3. The van der Waals surface area contributed by atoms with E-state index in [9.17, 15) is 9.90 Å². The maximum absolute atomic E-state index is 12.1. The minimum absolute atomic E-state index is 0.433. The summed E-state index contributed by atoms with van der Waals surface area (Å²) < 4.78 is 0. The molecule has 0 spiro atoms. The van der Waals surface area contributed by atoms with E-state index < -0.39 is 5.60 Å². The summed E-state index contributed by atoms with van der Waals surface area (Å²) in [5.41, 5.74) is 0.410. The van der Waals surface area contributed by atoms with Crippen LogP contribution in [-0.2, 0) is 4.79 Å². The molecule has 0 aliphatic heterocycles. The summed E-state index contributed by atoms with van der Waals surface area (Å²) in [4.78, 5) is 12.1. The van der Waals surface area contributed by atoms with E-state index in [1.165, 1.54) is 38.5 Å². The second kappa shape index (κ2) is 7.10. The van der Waals surface area contributed by atoms with Crippen molar-refractivity contribution in [2.75, 3.05) is 0 Å². The maximum Gasteiger partial charge on any atom is 0.133 e. The van der Waals surface area contributed by atoms with Crippen LogP contribution in [0.1, 0.15) is 105 Å².